The van der Waals surface area contributed by atoms with Crippen molar-refractivity contribution in [1.82, 2.24) is 4.57 Å². The maximum Gasteiger partial charge on any atom is 0.0484 e. The van der Waals surface area contributed by atoms with Gasteiger partial charge in [0.05, 0.1) is 0 Å². The molecule has 0 aliphatic rings. The van der Waals surface area contributed by atoms with E-state index in [0.29, 0.717) is 12.5 Å². The van der Waals surface area contributed by atoms with Crippen molar-refractivity contribution in [2.24, 2.45) is 5.73 Å². The third kappa shape index (κ3) is 3.60. The summed E-state index contributed by atoms with van der Waals surface area (Å²) in [6.07, 6.45) is 4.46. The Labute approximate surface area is 142 Å². The van der Waals surface area contributed by atoms with Gasteiger partial charge >= 0.3 is 0 Å². The highest BCUT2D eigenvalue weighted by atomic mass is 35.5. The number of aromatic nitrogens is 1. The molecule has 2 N–H and O–H groups in total. The molecular weight excluding hydrogens is 304 g/mol. The highest BCUT2D eigenvalue weighted by molar-refractivity contribution is 6.31. The monoisotopic (exact) mass is 326 g/mol. The van der Waals surface area contributed by atoms with Crippen molar-refractivity contribution in [3.63, 3.8) is 0 Å². The average molecular weight is 327 g/mol. The summed E-state index contributed by atoms with van der Waals surface area (Å²) in [4.78, 5) is 0. The Morgan fingerprint density at radius 1 is 1.13 bits per heavy atom. The van der Waals surface area contributed by atoms with Gasteiger partial charge in [0.15, 0.2) is 0 Å². The van der Waals surface area contributed by atoms with E-state index in [2.05, 4.69) is 60.2 Å². The van der Waals surface area contributed by atoms with Crippen LogP contribution in [0.5, 0.6) is 0 Å². The molecule has 0 saturated heterocycles. The standard InChI is InChI=1S/C20H23ClN2/c1-15(13-22)19-14-23(20-10-9-17(21)12-18(19)20)11-5-8-16-6-3-2-4-7-16/h2-4,6-7,9-10,12,14-15H,5,8,11,13,22H2,1H3. The molecule has 1 unspecified atom stereocenters. The molecule has 1 atom stereocenters. The predicted molar refractivity (Wildman–Crippen MR) is 99.2 cm³/mol. The number of benzene rings is 2. The van der Waals surface area contributed by atoms with Crippen LogP contribution in [0, 0.1) is 0 Å². The third-order valence-electron chi connectivity index (χ3n) is 4.47. The molecule has 0 fully saturated rings. The van der Waals surface area contributed by atoms with Gasteiger partial charge in [0, 0.05) is 28.7 Å². The van der Waals surface area contributed by atoms with Gasteiger partial charge in [-0.3, -0.25) is 0 Å². The molecule has 2 aromatic carbocycles. The Morgan fingerprint density at radius 3 is 2.65 bits per heavy atom. The summed E-state index contributed by atoms with van der Waals surface area (Å²) in [7, 11) is 0. The quantitative estimate of drug-likeness (QED) is 0.679. The first-order valence-electron chi connectivity index (χ1n) is 8.21. The summed E-state index contributed by atoms with van der Waals surface area (Å²) in [6.45, 7) is 3.82. The summed E-state index contributed by atoms with van der Waals surface area (Å²) in [5, 5.41) is 2.01. The SMILES string of the molecule is CC(CN)c1cn(CCCc2ccccc2)c2ccc(Cl)cc12. The summed E-state index contributed by atoms with van der Waals surface area (Å²) in [5.41, 5.74) is 9.81. The molecule has 1 heterocycles. The summed E-state index contributed by atoms with van der Waals surface area (Å²) in [5.74, 6) is 0.339. The van der Waals surface area contributed by atoms with Gasteiger partial charge in [0.25, 0.3) is 0 Å². The largest absolute Gasteiger partial charge is 0.347 e. The molecule has 0 spiro atoms. The van der Waals surface area contributed by atoms with E-state index >= 15 is 0 Å². The van der Waals surface area contributed by atoms with E-state index < -0.39 is 0 Å². The number of rotatable bonds is 6. The Balaban J connectivity index is 1.83. The number of nitrogens with two attached hydrogens (primary N) is 1. The van der Waals surface area contributed by atoms with Crippen LogP contribution in [0.25, 0.3) is 10.9 Å². The average Bonchev–Trinajstić information content (AvgIpc) is 2.93. The Kier molecular flexibility index (Phi) is 5.04. The van der Waals surface area contributed by atoms with E-state index in [1.165, 1.54) is 22.0 Å². The summed E-state index contributed by atoms with van der Waals surface area (Å²) >= 11 is 6.19. The van der Waals surface area contributed by atoms with E-state index in [0.717, 1.165) is 24.4 Å². The lowest BCUT2D eigenvalue weighted by atomic mass is 10.0. The van der Waals surface area contributed by atoms with Gasteiger partial charge in [-0.25, -0.2) is 0 Å². The summed E-state index contributed by atoms with van der Waals surface area (Å²) in [6, 6.07) is 16.8. The first-order chi connectivity index (χ1) is 11.2. The lowest BCUT2D eigenvalue weighted by molar-refractivity contribution is 0.656. The van der Waals surface area contributed by atoms with Crippen LogP contribution in [0.3, 0.4) is 0 Å². The van der Waals surface area contributed by atoms with E-state index in [1.54, 1.807) is 0 Å². The number of fused-ring (bicyclic) bond motifs is 1. The van der Waals surface area contributed by atoms with E-state index in [4.69, 9.17) is 17.3 Å². The van der Waals surface area contributed by atoms with Crippen LogP contribution < -0.4 is 5.73 Å². The smallest absolute Gasteiger partial charge is 0.0484 e. The second-order valence-electron chi connectivity index (χ2n) is 6.17. The minimum absolute atomic E-state index is 0.339. The van der Waals surface area contributed by atoms with Gasteiger partial charge in [-0.15, -0.1) is 0 Å². The summed E-state index contributed by atoms with van der Waals surface area (Å²) < 4.78 is 2.34. The zero-order chi connectivity index (χ0) is 16.2. The van der Waals surface area contributed by atoms with Gasteiger partial charge in [0.2, 0.25) is 0 Å². The fourth-order valence-corrected chi connectivity index (χ4v) is 3.27. The lowest BCUT2D eigenvalue weighted by Crippen LogP contribution is -2.08. The van der Waals surface area contributed by atoms with Crippen LogP contribution in [0.4, 0.5) is 0 Å². The number of hydrogen-bond donors (Lipinski definition) is 1. The highest BCUT2D eigenvalue weighted by Gasteiger charge is 2.13. The third-order valence-corrected chi connectivity index (χ3v) is 4.70. The Morgan fingerprint density at radius 2 is 1.91 bits per heavy atom. The normalized spacial score (nSPS) is 12.7. The molecule has 0 bridgehead atoms. The first-order valence-corrected chi connectivity index (χ1v) is 8.59. The lowest BCUT2D eigenvalue weighted by Gasteiger charge is -2.06. The van der Waals surface area contributed by atoms with Gasteiger partial charge in [0.1, 0.15) is 0 Å². The number of nitrogens with zero attached hydrogens (tertiary/aromatic N) is 1. The van der Waals surface area contributed by atoms with Crippen molar-refractivity contribution in [1.29, 1.82) is 0 Å². The molecule has 0 saturated carbocycles. The molecule has 3 heteroatoms. The molecule has 1 aromatic heterocycles. The molecule has 120 valence electrons. The van der Waals surface area contributed by atoms with Crippen molar-refractivity contribution in [2.45, 2.75) is 32.2 Å². The predicted octanol–water partition coefficient (Wildman–Crippen LogP) is 4.99. The fourth-order valence-electron chi connectivity index (χ4n) is 3.10. The van der Waals surface area contributed by atoms with Gasteiger partial charge in [-0.1, -0.05) is 48.9 Å². The fraction of sp³-hybridized carbons (Fsp3) is 0.300. The van der Waals surface area contributed by atoms with E-state index in [1.807, 2.05) is 6.07 Å². The molecule has 2 nitrogen and oxygen atoms in total. The van der Waals surface area contributed by atoms with Crippen LogP contribution in [-0.4, -0.2) is 11.1 Å². The van der Waals surface area contributed by atoms with Crippen LogP contribution in [-0.2, 0) is 13.0 Å². The van der Waals surface area contributed by atoms with Crippen molar-refractivity contribution >= 4 is 22.5 Å². The van der Waals surface area contributed by atoms with Crippen LogP contribution in [0.1, 0.15) is 30.4 Å². The van der Waals surface area contributed by atoms with Crippen LogP contribution in [0.2, 0.25) is 5.02 Å². The van der Waals surface area contributed by atoms with Crippen LogP contribution >= 0.6 is 11.6 Å². The highest BCUT2D eigenvalue weighted by Crippen LogP contribution is 2.30. The van der Waals surface area contributed by atoms with Gasteiger partial charge < -0.3 is 10.3 Å². The maximum absolute atomic E-state index is 6.19. The molecule has 3 aromatic rings. The van der Waals surface area contributed by atoms with Gasteiger partial charge in [-0.2, -0.15) is 0 Å². The van der Waals surface area contributed by atoms with E-state index in [9.17, 15) is 0 Å². The minimum Gasteiger partial charge on any atom is -0.347 e. The molecular formula is C20H23ClN2. The molecule has 3 rings (SSSR count). The van der Waals surface area contributed by atoms with E-state index in [-0.39, 0.29) is 0 Å². The molecule has 0 aliphatic heterocycles. The molecule has 0 amide bonds. The van der Waals surface area contributed by atoms with Crippen molar-refractivity contribution in [2.75, 3.05) is 6.54 Å². The van der Waals surface area contributed by atoms with Crippen LogP contribution in [0.15, 0.2) is 54.7 Å². The topological polar surface area (TPSA) is 30.9 Å². The minimum atomic E-state index is 0.339. The Bertz CT molecular complexity index is 777. The van der Waals surface area contributed by atoms with Crippen molar-refractivity contribution < 1.29 is 0 Å². The number of hydrogen-bond acceptors (Lipinski definition) is 1. The molecule has 0 radical (unpaired) electrons. The Hall–Kier alpha value is -1.77. The zero-order valence-corrected chi connectivity index (χ0v) is 14.3. The molecule has 23 heavy (non-hydrogen) atoms. The second kappa shape index (κ2) is 7.20. The van der Waals surface area contributed by atoms with Crippen molar-refractivity contribution in [3.05, 3.63) is 70.9 Å². The zero-order valence-electron chi connectivity index (χ0n) is 13.5. The second-order valence-corrected chi connectivity index (χ2v) is 6.60. The maximum atomic E-state index is 6.19. The van der Waals surface area contributed by atoms with Gasteiger partial charge in [-0.05, 0) is 54.6 Å². The first kappa shape index (κ1) is 16.1. The van der Waals surface area contributed by atoms with Crippen molar-refractivity contribution in [3.8, 4) is 0 Å². The molecule has 0 aliphatic carbocycles. The number of aryl methyl sites for hydroxylation is 2. The number of halogens is 1.